The van der Waals surface area contributed by atoms with Crippen LogP contribution in [0.1, 0.15) is 9.67 Å². The van der Waals surface area contributed by atoms with Crippen molar-refractivity contribution in [2.75, 3.05) is 5.32 Å². The minimum Gasteiger partial charge on any atom is -0.406 e. The predicted octanol–water partition coefficient (Wildman–Crippen LogP) is 2.65. The molecule has 5 nitrogen and oxygen atoms in total. The summed E-state index contributed by atoms with van der Waals surface area (Å²) in [6, 6.07) is 3.25. The van der Waals surface area contributed by atoms with E-state index in [1.807, 2.05) is 0 Å². The lowest BCUT2D eigenvalue weighted by Crippen LogP contribution is -2.10. The van der Waals surface area contributed by atoms with Crippen LogP contribution in [0.4, 0.5) is 5.69 Å². The van der Waals surface area contributed by atoms with E-state index in [2.05, 4.69) is 14.4 Å². The maximum atomic E-state index is 11.8. The van der Waals surface area contributed by atoms with Gasteiger partial charge in [-0.25, -0.2) is 0 Å². The van der Waals surface area contributed by atoms with Gasteiger partial charge in [-0.2, -0.15) is 4.37 Å². The zero-order valence-corrected chi connectivity index (χ0v) is 10.6. The maximum absolute atomic E-state index is 11.8. The quantitative estimate of drug-likeness (QED) is 0.878. The molecule has 0 aromatic carbocycles. The van der Waals surface area contributed by atoms with E-state index in [-0.39, 0.29) is 18.3 Å². The van der Waals surface area contributed by atoms with Crippen LogP contribution in [0.25, 0.3) is 0 Å². The second-order valence-electron chi connectivity index (χ2n) is 2.81. The van der Waals surface area contributed by atoms with Gasteiger partial charge in [0.15, 0.2) is 0 Å². The van der Waals surface area contributed by atoms with Crippen molar-refractivity contribution in [3.63, 3.8) is 0 Å². The molecule has 2 aromatic rings. The first-order chi connectivity index (χ1) is 8.20. The summed E-state index contributed by atoms with van der Waals surface area (Å²) in [7, 11) is 0. The molecule has 0 bridgehead atoms. The molecule has 0 spiro atoms. The van der Waals surface area contributed by atoms with Crippen molar-refractivity contribution < 1.29 is 14.3 Å². The molecule has 0 aliphatic carbocycles. The Kier molecular flexibility index (Phi) is 3.72. The minimum absolute atomic E-state index is 0.0843. The molecule has 0 fully saturated rings. The number of hydrogen-bond donors (Lipinski definition) is 1. The summed E-state index contributed by atoms with van der Waals surface area (Å²) >= 11 is 7.96. The molecule has 88 valence electrons. The lowest BCUT2D eigenvalue weighted by Gasteiger charge is -2.01. The fourth-order valence-electron chi connectivity index (χ4n) is 1.06. The van der Waals surface area contributed by atoms with Crippen LogP contribution in [0.15, 0.2) is 17.5 Å². The van der Waals surface area contributed by atoms with Gasteiger partial charge in [-0.05, 0) is 23.7 Å². The third-order valence-electron chi connectivity index (χ3n) is 1.74. The molecule has 2 rings (SSSR count). The van der Waals surface area contributed by atoms with Gasteiger partial charge in [0, 0.05) is 5.38 Å². The van der Waals surface area contributed by atoms with Crippen molar-refractivity contribution in [1.29, 1.82) is 0 Å². The molecule has 0 radical (unpaired) electrons. The van der Waals surface area contributed by atoms with Crippen LogP contribution in [-0.2, 0) is 4.79 Å². The Bertz CT molecular complexity index is 552. The largest absolute Gasteiger partial charge is 0.406 e. The average molecular weight is 289 g/mol. The van der Waals surface area contributed by atoms with Gasteiger partial charge in [-0.15, -0.1) is 11.3 Å². The topological polar surface area (TPSA) is 68.3 Å². The molecular formula is C9H5ClN2O3S2. The van der Waals surface area contributed by atoms with Gasteiger partial charge in [-0.1, -0.05) is 11.6 Å². The first-order valence-electron chi connectivity index (χ1n) is 4.32. The highest BCUT2D eigenvalue weighted by atomic mass is 35.5. The van der Waals surface area contributed by atoms with Crippen molar-refractivity contribution in [3.8, 4) is 5.88 Å². The number of nitrogens with zero attached hydrogens (tertiary/aromatic N) is 1. The lowest BCUT2D eigenvalue weighted by atomic mass is 10.4. The number of thiophene rings is 1. The van der Waals surface area contributed by atoms with Gasteiger partial charge in [0.1, 0.15) is 5.69 Å². The molecule has 0 aliphatic heterocycles. The van der Waals surface area contributed by atoms with Crippen molar-refractivity contribution in [3.05, 3.63) is 26.7 Å². The number of hydrogen-bond acceptors (Lipinski definition) is 6. The first-order valence-corrected chi connectivity index (χ1v) is 6.35. The summed E-state index contributed by atoms with van der Waals surface area (Å²) in [6.07, 6.45) is 0. The predicted molar refractivity (Wildman–Crippen MR) is 66.1 cm³/mol. The zero-order chi connectivity index (χ0) is 12.3. The van der Waals surface area contributed by atoms with Gasteiger partial charge < -0.3 is 10.1 Å². The van der Waals surface area contributed by atoms with Crippen molar-refractivity contribution in [1.82, 2.24) is 4.37 Å². The van der Waals surface area contributed by atoms with Crippen LogP contribution in [0, 0.1) is 0 Å². The third kappa shape index (κ3) is 2.82. The molecule has 0 atom stereocenters. The molecule has 2 aromatic heterocycles. The summed E-state index contributed by atoms with van der Waals surface area (Å²) in [4.78, 5) is 22.4. The Morgan fingerprint density at radius 1 is 1.53 bits per heavy atom. The lowest BCUT2D eigenvalue weighted by molar-refractivity contribution is -0.120. The Balaban J connectivity index is 2.12. The SMILES string of the molecule is O=COc1nscc1NC(=O)c1ccc(Cl)s1. The summed E-state index contributed by atoms with van der Waals surface area (Å²) in [5.41, 5.74) is 0.358. The first kappa shape index (κ1) is 12.0. The van der Waals surface area contributed by atoms with Crippen LogP contribution in [0.3, 0.4) is 0 Å². The Hall–Kier alpha value is -1.44. The molecule has 1 amide bonds. The smallest absolute Gasteiger partial charge is 0.299 e. The Morgan fingerprint density at radius 2 is 2.35 bits per heavy atom. The number of aromatic nitrogens is 1. The van der Waals surface area contributed by atoms with Crippen molar-refractivity contribution in [2.45, 2.75) is 0 Å². The van der Waals surface area contributed by atoms with Crippen LogP contribution < -0.4 is 10.1 Å². The highest BCUT2D eigenvalue weighted by molar-refractivity contribution is 7.18. The molecule has 17 heavy (non-hydrogen) atoms. The van der Waals surface area contributed by atoms with E-state index in [0.717, 1.165) is 22.9 Å². The summed E-state index contributed by atoms with van der Waals surface area (Å²) in [5, 5.41) is 4.16. The Morgan fingerprint density at radius 3 is 3.00 bits per heavy atom. The second-order valence-corrected chi connectivity index (χ2v) is 5.15. The van der Waals surface area contributed by atoms with E-state index >= 15 is 0 Å². The van der Waals surface area contributed by atoms with E-state index < -0.39 is 0 Å². The van der Waals surface area contributed by atoms with Gasteiger partial charge in [0.05, 0.1) is 9.21 Å². The molecule has 8 heteroatoms. The van der Waals surface area contributed by atoms with E-state index in [1.165, 1.54) is 0 Å². The highest BCUT2D eigenvalue weighted by Crippen LogP contribution is 2.27. The van der Waals surface area contributed by atoms with Gasteiger partial charge in [0.2, 0.25) is 0 Å². The number of nitrogens with one attached hydrogen (secondary N) is 1. The second kappa shape index (κ2) is 5.26. The normalized spacial score (nSPS) is 9.94. The number of carbonyl (C=O) groups is 2. The van der Waals surface area contributed by atoms with E-state index in [1.54, 1.807) is 17.5 Å². The number of anilines is 1. The fraction of sp³-hybridized carbons (Fsp3) is 0. The molecule has 0 saturated heterocycles. The standard InChI is InChI=1S/C9H5ClN2O3S2/c10-7-2-1-6(17-7)8(14)11-5-3-16-12-9(5)15-4-13/h1-4H,(H,11,14). The van der Waals surface area contributed by atoms with Crippen LogP contribution >= 0.6 is 34.5 Å². The van der Waals surface area contributed by atoms with E-state index in [9.17, 15) is 9.59 Å². The number of carbonyl (C=O) groups excluding carboxylic acids is 2. The maximum Gasteiger partial charge on any atom is 0.299 e. The third-order valence-corrected chi connectivity index (χ3v) is 3.58. The number of halogens is 1. The average Bonchev–Trinajstić information content (AvgIpc) is 2.89. The van der Waals surface area contributed by atoms with Crippen LogP contribution in [0.2, 0.25) is 4.34 Å². The van der Waals surface area contributed by atoms with Crippen LogP contribution in [0.5, 0.6) is 5.88 Å². The number of rotatable bonds is 4. The zero-order valence-electron chi connectivity index (χ0n) is 8.18. The van der Waals surface area contributed by atoms with E-state index in [4.69, 9.17) is 11.6 Å². The van der Waals surface area contributed by atoms with Crippen molar-refractivity contribution >= 4 is 52.5 Å². The molecular weight excluding hydrogens is 284 g/mol. The van der Waals surface area contributed by atoms with Crippen molar-refractivity contribution in [2.24, 2.45) is 0 Å². The molecule has 2 heterocycles. The monoisotopic (exact) mass is 288 g/mol. The molecule has 0 aliphatic rings. The van der Waals surface area contributed by atoms with Gasteiger partial charge in [0.25, 0.3) is 18.3 Å². The van der Waals surface area contributed by atoms with Crippen LogP contribution in [-0.4, -0.2) is 16.8 Å². The molecule has 0 saturated carbocycles. The van der Waals surface area contributed by atoms with E-state index in [0.29, 0.717) is 14.9 Å². The molecule has 0 unspecified atom stereocenters. The van der Waals surface area contributed by atoms with Gasteiger partial charge in [-0.3, -0.25) is 9.59 Å². The fourth-order valence-corrected chi connectivity index (χ4v) is 2.55. The summed E-state index contributed by atoms with van der Waals surface area (Å²) in [5.74, 6) is -0.237. The molecule has 1 N–H and O–H groups in total. The minimum atomic E-state index is -0.321. The highest BCUT2D eigenvalue weighted by Gasteiger charge is 2.13. The summed E-state index contributed by atoms with van der Waals surface area (Å²) < 4.78 is 8.94. The Labute approximate surface area is 109 Å². The number of ether oxygens (including phenoxy) is 1. The van der Waals surface area contributed by atoms with Gasteiger partial charge >= 0.3 is 0 Å². The number of amides is 1. The summed E-state index contributed by atoms with van der Waals surface area (Å²) in [6.45, 7) is 0.257.